The Bertz CT molecular complexity index is 1170. The van der Waals surface area contributed by atoms with Gasteiger partial charge in [-0.1, -0.05) is 29.5 Å². The van der Waals surface area contributed by atoms with Crippen LogP contribution in [-0.4, -0.2) is 52.0 Å². The second kappa shape index (κ2) is 9.67. The third kappa shape index (κ3) is 4.71. The first kappa shape index (κ1) is 23.3. The summed E-state index contributed by atoms with van der Waals surface area (Å²) in [6.45, 7) is 10.9. The van der Waals surface area contributed by atoms with E-state index in [-0.39, 0.29) is 5.91 Å². The number of anilines is 3. The van der Waals surface area contributed by atoms with Crippen LogP contribution in [0.3, 0.4) is 0 Å². The highest BCUT2D eigenvalue weighted by Crippen LogP contribution is 2.42. The first-order valence-electron chi connectivity index (χ1n) is 11.7. The number of carbonyl (C=O) groups is 1. The Balaban J connectivity index is 1.35. The molecule has 0 bridgehead atoms. The fraction of sp³-hybridized carbons (Fsp3) is 0.500. The molecule has 34 heavy (non-hydrogen) atoms. The Labute approximate surface area is 208 Å². The molecule has 0 spiro atoms. The molecule has 8 nitrogen and oxygen atoms in total. The third-order valence-electron chi connectivity index (χ3n) is 6.11. The highest BCUT2D eigenvalue weighted by atomic mass is 32.2. The predicted octanol–water partition coefficient (Wildman–Crippen LogP) is 4.81. The summed E-state index contributed by atoms with van der Waals surface area (Å²) < 4.78 is 7.80. The Hall–Kier alpha value is -2.43. The number of benzene rings is 1. The van der Waals surface area contributed by atoms with Crippen LogP contribution in [0.1, 0.15) is 48.2 Å². The zero-order chi connectivity index (χ0) is 23.8. The topological polar surface area (TPSA) is 76.4 Å². The molecule has 3 aromatic rings. The average Bonchev–Trinajstić information content (AvgIpc) is 3.38. The summed E-state index contributed by atoms with van der Waals surface area (Å²) in [4.78, 5) is 21.5. The standard InChI is InChI=1S/C24H30N6O2S2/c1-15-11-16(2)21(17(3)12-15)29(18(4)31)23-25-19(13-33-23)14-34-24-27-26-22(30(24)20-5-6-20)28-7-9-32-10-8-28/h11-13,20H,5-10,14H2,1-4H3. The Morgan fingerprint density at radius 3 is 2.53 bits per heavy atom. The maximum atomic E-state index is 12.7. The molecule has 1 saturated heterocycles. The molecule has 0 unspecified atom stereocenters. The van der Waals surface area contributed by atoms with Gasteiger partial charge in [0.05, 0.1) is 24.6 Å². The van der Waals surface area contributed by atoms with E-state index in [0.717, 1.165) is 59.9 Å². The molecule has 0 atom stereocenters. The van der Waals surface area contributed by atoms with Crippen LogP contribution in [-0.2, 0) is 15.3 Å². The van der Waals surface area contributed by atoms with Gasteiger partial charge < -0.3 is 9.64 Å². The normalized spacial score (nSPS) is 16.2. The molecule has 1 aliphatic heterocycles. The number of rotatable bonds is 7. The molecular formula is C24H30N6O2S2. The van der Waals surface area contributed by atoms with Crippen molar-refractivity contribution in [3.05, 3.63) is 39.9 Å². The summed E-state index contributed by atoms with van der Waals surface area (Å²) >= 11 is 3.17. The molecule has 2 aliphatic rings. The van der Waals surface area contributed by atoms with Gasteiger partial charge in [0.15, 0.2) is 10.3 Å². The molecule has 3 heterocycles. The van der Waals surface area contributed by atoms with Gasteiger partial charge in [0.25, 0.3) is 0 Å². The lowest BCUT2D eigenvalue weighted by Gasteiger charge is -2.27. The minimum absolute atomic E-state index is 0.0350. The van der Waals surface area contributed by atoms with Crippen LogP contribution in [0.2, 0.25) is 0 Å². The maximum Gasteiger partial charge on any atom is 0.230 e. The molecule has 0 radical (unpaired) electrons. The maximum absolute atomic E-state index is 12.7. The van der Waals surface area contributed by atoms with Gasteiger partial charge in [0, 0.05) is 37.2 Å². The molecule has 1 saturated carbocycles. The molecule has 180 valence electrons. The van der Waals surface area contributed by atoms with E-state index in [1.54, 1.807) is 23.6 Å². The van der Waals surface area contributed by atoms with Crippen molar-refractivity contribution in [2.45, 2.75) is 57.5 Å². The number of hydrogen-bond donors (Lipinski definition) is 0. The number of thioether (sulfide) groups is 1. The van der Waals surface area contributed by atoms with E-state index in [2.05, 4.69) is 38.7 Å². The van der Waals surface area contributed by atoms with Crippen LogP contribution >= 0.6 is 23.1 Å². The number of thiazole rings is 1. The van der Waals surface area contributed by atoms with Gasteiger partial charge in [-0.2, -0.15) is 0 Å². The van der Waals surface area contributed by atoms with Crippen molar-refractivity contribution in [2.24, 2.45) is 0 Å². The van der Waals surface area contributed by atoms with E-state index in [1.165, 1.54) is 29.7 Å². The van der Waals surface area contributed by atoms with Gasteiger partial charge in [0.2, 0.25) is 11.9 Å². The zero-order valence-corrected chi connectivity index (χ0v) is 21.7. The quantitative estimate of drug-likeness (QED) is 0.433. The number of amides is 1. The van der Waals surface area contributed by atoms with Crippen molar-refractivity contribution in [3.8, 4) is 0 Å². The van der Waals surface area contributed by atoms with Crippen molar-refractivity contribution in [3.63, 3.8) is 0 Å². The highest BCUT2D eigenvalue weighted by molar-refractivity contribution is 7.98. The van der Waals surface area contributed by atoms with Crippen LogP contribution in [0.4, 0.5) is 16.8 Å². The molecule has 2 fully saturated rings. The Morgan fingerprint density at radius 1 is 1.18 bits per heavy atom. The van der Waals surface area contributed by atoms with E-state index >= 15 is 0 Å². The van der Waals surface area contributed by atoms with Crippen molar-refractivity contribution >= 4 is 45.8 Å². The average molecular weight is 499 g/mol. The monoisotopic (exact) mass is 498 g/mol. The Kier molecular flexibility index (Phi) is 6.63. The lowest BCUT2D eigenvalue weighted by molar-refractivity contribution is -0.115. The summed E-state index contributed by atoms with van der Waals surface area (Å²) in [5.41, 5.74) is 5.21. The SMILES string of the molecule is CC(=O)N(c1nc(CSc2nnc(N3CCOCC3)n2C2CC2)cs1)c1c(C)cc(C)cc1C. The molecule has 5 rings (SSSR count). The van der Waals surface area contributed by atoms with Gasteiger partial charge in [-0.15, -0.1) is 21.5 Å². The highest BCUT2D eigenvalue weighted by Gasteiger charge is 2.32. The lowest BCUT2D eigenvalue weighted by atomic mass is 10.0. The second-order valence-corrected chi connectivity index (χ2v) is 10.8. The number of morpholine rings is 1. The van der Waals surface area contributed by atoms with Crippen LogP contribution in [0.15, 0.2) is 22.7 Å². The third-order valence-corrected chi connectivity index (χ3v) is 7.96. The van der Waals surface area contributed by atoms with Crippen molar-refractivity contribution in [1.29, 1.82) is 0 Å². The van der Waals surface area contributed by atoms with Crippen molar-refractivity contribution in [2.75, 3.05) is 36.1 Å². The fourth-order valence-electron chi connectivity index (χ4n) is 4.52. The molecule has 2 aromatic heterocycles. The largest absolute Gasteiger partial charge is 0.378 e. The Morgan fingerprint density at radius 2 is 1.88 bits per heavy atom. The van der Waals surface area contributed by atoms with Crippen molar-refractivity contribution in [1.82, 2.24) is 19.7 Å². The summed E-state index contributed by atoms with van der Waals surface area (Å²) in [7, 11) is 0. The smallest absolute Gasteiger partial charge is 0.230 e. The summed E-state index contributed by atoms with van der Waals surface area (Å²) in [5, 5.41) is 12.7. The first-order valence-corrected chi connectivity index (χ1v) is 13.5. The van der Waals surface area contributed by atoms with Gasteiger partial charge in [-0.3, -0.25) is 14.3 Å². The van der Waals surface area contributed by atoms with Crippen LogP contribution in [0.5, 0.6) is 0 Å². The second-order valence-electron chi connectivity index (χ2n) is 9.00. The molecule has 0 N–H and O–H groups in total. The molecule has 1 aliphatic carbocycles. The minimum Gasteiger partial charge on any atom is -0.378 e. The number of aromatic nitrogens is 4. The summed E-state index contributed by atoms with van der Waals surface area (Å²) in [6, 6.07) is 4.71. The summed E-state index contributed by atoms with van der Waals surface area (Å²) in [5.74, 6) is 1.61. The number of ether oxygens (including phenoxy) is 1. The van der Waals surface area contributed by atoms with Gasteiger partial charge in [0.1, 0.15) is 0 Å². The zero-order valence-electron chi connectivity index (χ0n) is 20.1. The van der Waals surface area contributed by atoms with Crippen LogP contribution < -0.4 is 9.80 Å². The fourth-order valence-corrected chi connectivity index (χ4v) is 6.39. The van der Waals surface area contributed by atoms with Crippen molar-refractivity contribution < 1.29 is 9.53 Å². The molecule has 1 amide bonds. The van der Waals surface area contributed by atoms with Gasteiger partial charge in [-0.25, -0.2) is 4.98 Å². The molecular weight excluding hydrogens is 468 g/mol. The number of hydrogen-bond acceptors (Lipinski definition) is 8. The van der Waals surface area contributed by atoms with Gasteiger partial charge in [-0.05, 0) is 44.7 Å². The predicted molar refractivity (Wildman–Crippen MR) is 136 cm³/mol. The number of aryl methyl sites for hydroxylation is 3. The number of carbonyl (C=O) groups excluding carboxylic acids is 1. The van der Waals surface area contributed by atoms with E-state index in [4.69, 9.17) is 9.72 Å². The minimum atomic E-state index is -0.0350. The van der Waals surface area contributed by atoms with Gasteiger partial charge >= 0.3 is 0 Å². The van der Waals surface area contributed by atoms with E-state index in [9.17, 15) is 4.79 Å². The lowest BCUT2D eigenvalue weighted by Crippen LogP contribution is -2.38. The van der Waals surface area contributed by atoms with Crippen LogP contribution in [0.25, 0.3) is 0 Å². The number of nitrogens with zero attached hydrogens (tertiary/aromatic N) is 6. The summed E-state index contributed by atoms with van der Waals surface area (Å²) in [6.07, 6.45) is 2.35. The van der Waals surface area contributed by atoms with E-state index < -0.39 is 0 Å². The molecule has 1 aromatic carbocycles. The van der Waals surface area contributed by atoms with E-state index in [1.807, 2.05) is 19.2 Å². The van der Waals surface area contributed by atoms with Crippen LogP contribution in [0, 0.1) is 20.8 Å². The molecule has 10 heteroatoms. The van der Waals surface area contributed by atoms with E-state index in [0.29, 0.717) is 16.9 Å². The first-order chi connectivity index (χ1) is 16.4.